The highest BCUT2D eigenvalue weighted by molar-refractivity contribution is 5.78. The molecule has 106 valence electrons. The lowest BCUT2D eigenvalue weighted by molar-refractivity contribution is -0.144. The Morgan fingerprint density at radius 1 is 1.44 bits per heavy atom. The van der Waals surface area contributed by atoms with Crippen molar-refractivity contribution in [2.24, 2.45) is 0 Å². The van der Waals surface area contributed by atoms with Gasteiger partial charge in [-0.2, -0.15) is 0 Å². The van der Waals surface area contributed by atoms with Crippen molar-refractivity contribution in [2.45, 2.75) is 64.0 Å². The number of rotatable bonds is 10. The second-order valence-electron chi connectivity index (χ2n) is 5.73. The van der Waals surface area contributed by atoms with Gasteiger partial charge in [-0.3, -0.25) is 4.79 Å². The molecule has 1 rings (SSSR count). The van der Waals surface area contributed by atoms with Crippen molar-refractivity contribution in [2.75, 3.05) is 20.1 Å². The van der Waals surface area contributed by atoms with Gasteiger partial charge >= 0.3 is 5.97 Å². The van der Waals surface area contributed by atoms with Crippen LogP contribution in [0.2, 0.25) is 0 Å². The lowest BCUT2D eigenvalue weighted by Crippen LogP contribution is -2.49. The summed E-state index contributed by atoms with van der Waals surface area (Å²) in [5, 5.41) is 12.4. The Bertz CT molecular complexity index is 267. The maximum Gasteiger partial charge on any atom is 0.323 e. The molecule has 1 atom stereocenters. The minimum Gasteiger partial charge on any atom is -0.480 e. The normalized spacial score (nSPS) is 18.9. The molecule has 0 aromatic rings. The van der Waals surface area contributed by atoms with Crippen molar-refractivity contribution in [1.29, 1.82) is 0 Å². The number of carboxylic acids is 1. The zero-order valence-electron chi connectivity index (χ0n) is 12.0. The Morgan fingerprint density at radius 3 is 2.61 bits per heavy atom. The van der Waals surface area contributed by atoms with Crippen LogP contribution in [0.15, 0.2) is 0 Å². The Kier molecular flexibility index (Phi) is 6.09. The highest BCUT2D eigenvalue weighted by atomic mass is 16.4. The van der Waals surface area contributed by atoms with E-state index in [0.717, 1.165) is 38.4 Å². The topological polar surface area (TPSA) is 52.6 Å². The Hall–Kier alpha value is -0.610. The van der Waals surface area contributed by atoms with Crippen LogP contribution in [-0.4, -0.2) is 47.7 Å². The van der Waals surface area contributed by atoms with Crippen molar-refractivity contribution in [3.63, 3.8) is 0 Å². The molecule has 0 aliphatic heterocycles. The van der Waals surface area contributed by atoms with Crippen molar-refractivity contribution in [3.8, 4) is 0 Å². The zero-order valence-corrected chi connectivity index (χ0v) is 12.0. The fourth-order valence-electron chi connectivity index (χ4n) is 2.21. The van der Waals surface area contributed by atoms with Crippen LogP contribution in [-0.2, 0) is 4.79 Å². The standard InChI is InChI=1S/C14H28N2O2/c1-4-10-15-14(2,13(17)18)9-5-6-11-16(3)12-7-8-12/h12,15H,4-11H2,1-3H3,(H,17,18). The Morgan fingerprint density at radius 2 is 2.11 bits per heavy atom. The van der Waals surface area contributed by atoms with E-state index in [0.29, 0.717) is 6.42 Å². The molecule has 1 aliphatic rings. The summed E-state index contributed by atoms with van der Waals surface area (Å²) in [6.07, 6.45) is 6.40. The number of unbranched alkanes of at least 4 members (excludes halogenated alkanes) is 1. The Labute approximate surface area is 111 Å². The highest BCUT2D eigenvalue weighted by Crippen LogP contribution is 2.25. The number of carbonyl (C=O) groups is 1. The highest BCUT2D eigenvalue weighted by Gasteiger charge is 2.31. The maximum absolute atomic E-state index is 11.3. The van der Waals surface area contributed by atoms with E-state index in [1.165, 1.54) is 12.8 Å². The quantitative estimate of drug-likeness (QED) is 0.588. The fraction of sp³-hybridized carbons (Fsp3) is 0.929. The van der Waals surface area contributed by atoms with Crippen LogP contribution in [0.1, 0.15) is 52.4 Å². The molecule has 0 aromatic carbocycles. The molecular formula is C14H28N2O2. The van der Waals surface area contributed by atoms with Crippen LogP contribution >= 0.6 is 0 Å². The monoisotopic (exact) mass is 256 g/mol. The molecule has 1 fully saturated rings. The molecular weight excluding hydrogens is 228 g/mol. The lowest BCUT2D eigenvalue weighted by atomic mass is 9.94. The lowest BCUT2D eigenvalue weighted by Gasteiger charge is -2.26. The zero-order chi connectivity index (χ0) is 13.6. The molecule has 1 unspecified atom stereocenters. The predicted octanol–water partition coefficient (Wildman–Crippen LogP) is 2.09. The fourth-order valence-corrected chi connectivity index (χ4v) is 2.21. The van der Waals surface area contributed by atoms with E-state index in [9.17, 15) is 9.90 Å². The molecule has 0 radical (unpaired) electrons. The van der Waals surface area contributed by atoms with Crippen LogP contribution in [0.4, 0.5) is 0 Å². The first-order valence-electron chi connectivity index (χ1n) is 7.18. The number of hydrogen-bond donors (Lipinski definition) is 2. The van der Waals surface area contributed by atoms with Gasteiger partial charge in [-0.25, -0.2) is 0 Å². The van der Waals surface area contributed by atoms with Gasteiger partial charge in [0.2, 0.25) is 0 Å². The van der Waals surface area contributed by atoms with E-state index < -0.39 is 11.5 Å². The van der Waals surface area contributed by atoms with E-state index in [4.69, 9.17) is 0 Å². The third-order valence-corrected chi connectivity index (χ3v) is 3.85. The maximum atomic E-state index is 11.3. The van der Waals surface area contributed by atoms with Gasteiger partial charge in [-0.15, -0.1) is 0 Å². The van der Waals surface area contributed by atoms with Gasteiger partial charge < -0.3 is 15.3 Å². The second-order valence-corrected chi connectivity index (χ2v) is 5.73. The Balaban J connectivity index is 2.21. The third-order valence-electron chi connectivity index (χ3n) is 3.85. The van der Waals surface area contributed by atoms with Gasteiger partial charge in [0, 0.05) is 6.04 Å². The third kappa shape index (κ3) is 4.94. The van der Waals surface area contributed by atoms with Gasteiger partial charge in [0.1, 0.15) is 5.54 Å². The summed E-state index contributed by atoms with van der Waals surface area (Å²) in [5.74, 6) is -0.730. The minimum atomic E-state index is -0.756. The molecule has 18 heavy (non-hydrogen) atoms. The van der Waals surface area contributed by atoms with E-state index in [1.807, 2.05) is 0 Å². The molecule has 4 nitrogen and oxygen atoms in total. The molecule has 0 amide bonds. The number of hydrogen-bond acceptors (Lipinski definition) is 3. The van der Waals surface area contributed by atoms with Gasteiger partial charge in [0.05, 0.1) is 0 Å². The summed E-state index contributed by atoms with van der Waals surface area (Å²) in [4.78, 5) is 13.7. The van der Waals surface area contributed by atoms with Crippen LogP contribution in [0.3, 0.4) is 0 Å². The van der Waals surface area contributed by atoms with Gasteiger partial charge in [0.15, 0.2) is 0 Å². The van der Waals surface area contributed by atoms with Gasteiger partial charge in [-0.05, 0) is 65.6 Å². The van der Waals surface area contributed by atoms with Crippen LogP contribution in [0.25, 0.3) is 0 Å². The van der Waals surface area contributed by atoms with Crippen LogP contribution < -0.4 is 5.32 Å². The molecule has 4 heteroatoms. The molecule has 0 aromatic heterocycles. The molecule has 0 bridgehead atoms. The van der Waals surface area contributed by atoms with Crippen molar-refractivity contribution in [1.82, 2.24) is 10.2 Å². The summed E-state index contributed by atoms with van der Waals surface area (Å²) < 4.78 is 0. The first-order valence-corrected chi connectivity index (χ1v) is 7.18. The molecule has 1 aliphatic carbocycles. The van der Waals surface area contributed by atoms with Crippen LogP contribution in [0.5, 0.6) is 0 Å². The summed E-state index contributed by atoms with van der Waals surface area (Å²) in [7, 11) is 2.17. The molecule has 1 saturated carbocycles. The summed E-state index contributed by atoms with van der Waals surface area (Å²) in [6.45, 7) is 5.72. The minimum absolute atomic E-state index is 0.709. The SMILES string of the molecule is CCCNC(C)(CCCCN(C)C1CC1)C(=O)O. The van der Waals surface area contributed by atoms with E-state index >= 15 is 0 Å². The average molecular weight is 256 g/mol. The largest absolute Gasteiger partial charge is 0.480 e. The van der Waals surface area contributed by atoms with Crippen molar-refractivity contribution < 1.29 is 9.90 Å². The molecule has 0 saturated heterocycles. The molecule has 2 N–H and O–H groups in total. The van der Waals surface area contributed by atoms with Gasteiger partial charge in [0.25, 0.3) is 0 Å². The number of carboxylic acid groups (broad SMARTS) is 1. The second kappa shape index (κ2) is 7.10. The summed E-state index contributed by atoms with van der Waals surface area (Å²) >= 11 is 0. The summed E-state index contributed by atoms with van der Waals surface area (Å²) in [5.41, 5.74) is -0.756. The first-order chi connectivity index (χ1) is 8.49. The number of nitrogens with one attached hydrogen (secondary N) is 1. The van der Waals surface area contributed by atoms with Crippen LogP contribution in [0, 0.1) is 0 Å². The summed E-state index contributed by atoms with van der Waals surface area (Å²) in [6, 6.07) is 0.800. The smallest absolute Gasteiger partial charge is 0.323 e. The van der Waals surface area contributed by atoms with Gasteiger partial charge in [-0.1, -0.05) is 6.92 Å². The van der Waals surface area contributed by atoms with Crippen molar-refractivity contribution >= 4 is 5.97 Å². The van der Waals surface area contributed by atoms with Crippen molar-refractivity contribution in [3.05, 3.63) is 0 Å². The average Bonchev–Trinajstić information content (AvgIpc) is 3.15. The van der Waals surface area contributed by atoms with E-state index in [2.05, 4.69) is 24.2 Å². The number of nitrogens with zero attached hydrogens (tertiary/aromatic N) is 1. The predicted molar refractivity (Wildman–Crippen MR) is 73.8 cm³/mol. The molecule has 0 heterocycles. The molecule has 0 spiro atoms. The van der Waals surface area contributed by atoms with E-state index in [1.54, 1.807) is 6.92 Å². The van der Waals surface area contributed by atoms with E-state index in [-0.39, 0.29) is 0 Å². The first kappa shape index (κ1) is 15.4. The number of aliphatic carboxylic acids is 1.